The van der Waals surface area contributed by atoms with Crippen LogP contribution < -0.4 is 10.2 Å². The van der Waals surface area contributed by atoms with Crippen molar-refractivity contribution in [3.05, 3.63) is 78.4 Å². The molecular weight excluding hydrogens is 466 g/mol. The topological polar surface area (TPSA) is 99.4 Å². The maximum Gasteiger partial charge on any atom is 0.253 e. The van der Waals surface area contributed by atoms with Crippen LogP contribution in [0.3, 0.4) is 0 Å². The first-order valence-electron chi connectivity index (χ1n) is 12.5. The van der Waals surface area contributed by atoms with Crippen LogP contribution in [0.5, 0.6) is 5.75 Å². The van der Waals surface area contributed by atoms with E-state index in [0.717, 1.165) is 41.7 Å². The monoisotopic (exact) mass is 497 g/mol. The highest BCUT2D eigenvalue weighted by molar-refractivity contribution is 5.94. The summed E-state index contributed by atoms with van der Waals surface area (Å²) in [5, 5.41) is 12.7. The van der Waals surface area contributed by atoms with Crippen LogP contribution in [-0.4, -0.2) is 61.6 Å². The lowest BCUT2D eigenvalue weighted by Gasteiger charge is -2.36. The van der Waals surface area contributed by atoms with Crippen molar-refractivity contribution < 1.29 is 9.90 Å². The number of rotatable bonds is 6. The lowest BCUT2D eigenvalue weighted by molar-refractivity contribution is 0.0747. The molecule has 1 aliphatic heterocycles. The maximum absolute atomic E-state index is 13.1. The minimum atomic E-state index is 0.0208. The molecule has 190 valence electrons. The molecule has 0 saturated carbocycles. The molecule has 1 saturated heterocycles. The summed E-state index contributed by atoms with van der Waals surface area (Å²) < 4.78 is 2.15. The predicted octanol–water partition coefficient (Wildman–Crippen LogP) is 4.64. The van der Waals surface area contributed by atoms with Gasteiger partial charge in [-0.3, -0.25) is 4.79 Å². The summed E-state index contributed by atoms with van der Waals surface area (Å²) in [7, 11) is 0. The number of carbonyl (C=O) groups is 1. The second-order valence-corrected chi connectivity index (χ2v) is 9.42. The van der Waals surface area contributed by atoms with E-state index in [9.17, 15) is 9.90 Å². The molecule has 1 aliphatic rings. The third-order valence-corrected chi connectivity index (χ3v) is 6.59. The van der Waals surface area contributed by atoms with E-state index < -0.39 is 0 Å². The molecule has 0 bridgehead atoms. The number of imidazole rings is 1. The number of aromatic hydroxyl groups is 1. The number of aryl methyl sites for hydroxylation is 1. The Balaban J connectivity index is 1.22. The molecule has 4 aromatic rings. The third-order valence-electron chi connectivity index (χ3n) is 6.59. The molecule has 37 heavy (non-hydrogen) atoms. The number of phenolic OH excluding ortho intramolecular Hbond substituents is 1. The SMILES string of the molecule is Cc1ncc(-c2ccnc(Nc3ccc(C(=O)N4CCN(c5ccc(O)cc5)CC4)cc3)n2)n1C(C)C. The number of nitrogens with one attached hydrogen (secondary N) is 1. The number of aromatic nitrogens is 4. The number of anilines is 3. The first kappa shape index (κ1) is 24.3. The highest BCUT2D eigenvalue weighted by Gasteiger charge is 2.22. The Kier molecular flexibility index (Phi) is 6.76. The van der Waals surface area contributed by atoms with Gasteiger partial charge in [-0.2, -0.15) is 0 Å². The van der Waals surface area contributed by atoms with Gasteiger partial charge < -0.3 is 24.8 Å². The van der Waals surface area contributed by atoms with Gasteiger partial charge in [0.25, 0.3) is 5.91 Å². The van der Waals surface area contributed by atoms with E-state index in [0.29, 0.717) is 24.6 Å². The molecule has 0 aliphatic carbocycles. The Labute approximate surface area is 216 Å². The van der Waals surface area contributed by atoms with E-state index in [1.165, 1.54) is 0 Å². The number of benzene rings is 2. The fraction of sp³-hybridized carbons (Fsp3) is 0.286. The standard InChI is InChI=1S/C28H31N7O2/c1-19(2)35-20(3)30-18-26(35)25-12-13-29-28(32-25)31-22-6-4-21(5-7-22)27(37)34-16-14-33(15-17-34)23-8-10-24(36)11-9-23/h4-13,18-19,36H,14-17H2,1-3H3,(H,29,31,32). The third kappa shape index (κ3) is 5.25. The van der Waals surface area contributed by atoms with Gasteiger partial charge in [-0.25, -0.2) is 15.0 Å². The molecular formula is C28H31N7O2. The zero-order chi connectivity index (χ0) is 25.9. The summed E-state index contributed by atoms with van der Waals surface area (Å²) in [5.41, 5.74) is 4.25. The minimum Gasteiger partial charge on any atom is -0.508 e. The van der Waals surface area contributed by atoms with E-state index in [4.69, 9.17) is 0 Å². The van der Waals surface area contributed by atoms with Crippen molar-refractivity contribution >= 4 is 23.2 Å². The molecule has 2 N–H and O–H groups in total. The Bertz CT molecular complexity index is 1370. The number of amides is 1. The molecule has 9 heteroatoms. The van der Waals surface area contributed by atoms with Crippen molar-refractivity contribution in [1.29, 1.82) is 0 Å². The number of hydrogen-bond acceptors (Lipinski definition) is 7. The average molecular weight is 498 g/mol. The van der Waals surface area contributed by atoms with Crippen LogP contribution in [0.15, 0.2) is 67.0 Å². The van der Waals surface area contributed by atoms with Crippen molar-refractivity contribution in [2.45, 2.75) is 26.8 Å². The largest absolute Gasteiger partial charge is 0.508 e. The van der Waals surface area contributed by atoms with Gasteiger partial charge in [0.05, 0.1) is 17.6 Å². The molecule has 9 nitrogen and oxygen atoms in total. The van der Waals surface area contributed by atoms with Gasteiger partial charge in [0.15, 0.2) is 0 Å². The van der Waals surface area contributed by atoms with Crippen LogP contribution in [0.25, 0.3) is 11.4 Å². The second-order valence-electron chi connectivity index (χ2n) is 9.42. The zero-order valence-corrected chi connectivity index (χ0v) is 21.3. The summed E-state index contributed by atoms with van der Waals surface area (Å²) >= 11 is 0. The molecule has 2 aromatic heterocycles. The molecule has 3 heterocycles. The Morgan fingerprint density at radius 3 is 2.32 bits per heavy atom. The molecule has 2 aromatic carbocycles. The second kappa shape index (κ2) is 10.3. The summed E-state index contributed by atoms with van der Waals surface area (Å²) in [5.74, 6) is 1.70. The summed E-state index contributed by atoms with van der Waals surface area (Å²) in [4.78, 5) is 30.7. The van der Waals surface area contributed by atoms with Crippen LogP contribution in [0.1, 0.15) is 36.1 Å². The quantitative estimate of drug-likeness (QED) is 0.400. The van der Waals surface area contributed by atoms with Gasteiger partial charge in [-0.1, -0.05) is 0 Å². The number of piperazine rings is 1. The van der Waals surface area contributed by atoms with E-state index in [1.54, 1.807) is 18.3 Å². The molecule has 0 atom stereocenters. The first-order valence-corrected chi connectivity index (χ1v) is 12.5. The highest BCUT2D eigenvalue weighted by Crippen LogP contribution is 2.25. The normalized spacial score (nSPS) is 13.7. The zero-order valence-electron chi connectivity index (χ0n) is 21.3. The molecule has 5 rings (SSSR count). The summed E-state index contributed by atoms with van der Waals surface area (Å²) in [6.07, 6.45) is 3.57. The van der Waals surface area contributed by atoms with Crippen LogP contribution in [0.2, 0.25) is 0 Å². The Morgan fingerprint density at radius 2 is 1.65 bits per heavy atom. The lowest BCUT2D eigenvalue weighted by atomic mass is 10.1. The van der Waals surface area contributed by atoms with Gasteiger partial charge in [0, 0.05) is 55.4 Å². The van der Waals surface area contributed by atoms with E-state index in [2.05, 4.69) is 43.6 Å². The fourth-order valence-electron chi connectivity index (χ4n) is 4.70. The van der Waals surface area contributed by atoms with Gasteiger partial charge in [0.1, 0.15) is 11.6 Å². The summed E-state index contributed by atoms with van der Waals surface area (Å²) in [6, 6.07) is 16.7. The van der Waals surface area contributed by atoms with Crippen LogP contribution in [-0.2, 0) is 0 Å². The maximum atomic E-state index is 13.1. The number of nitrogens with zero attached hydrogens (tertiary/aromatic N) is 6. The predicted molar refractivity (Wildman–Crippen MR) is 144 cm³/mol. The number of hydrogen-bond donors (Lipinski definition) is 2. The van der Waals surface area contributed by atoms with Crippen molar-refractivity contribution in [2.24, 2.45) is 0 Å². The summed E-state index contributed by atoms with van der Waals surface area (Å²) in [6.45, 7) is 9.02. The average Bonchev–Trinajstić information content (AvgIpc) is 3.31. The van der Waals surface area contributed by atoms with Crippen molar-refractivity contribution in [3.63, 3.8) is 0 Å². The number of carbonyl (C=O) groups excluding carboxylic acids is 1. The van der Waals surface area contributed by atoms with E-state index in [1.807, 2.05) is 60.5 Å². The molecule has 0 spiro atoms. The highest BCUT2D eigenvalue weighted by atomic mass is 16.3. The Morgan fingerprint density at radius 1 is 0.946 bits per heavy atom. The van der Waals surface area contributed by atoms with Gasteiger partial charge in [0.2, 0.25) is 5.95 Å². The lowest BCUT2D eigenvalue weighted by Crippen LogP contribution is -2.48. The fourth-order valence-corrected chi connectivity index (χ4v) is 4.70. The Hall–Kier alpha value is -4.40. The minimum absolute atomic E-state index is 0.0208. The van der Waals surface area contributed by atoms with Gasteiger partial charge >= 0.3 is 0 Å². The van der Waals surface area contributed by atoms with Crippen LogP contribution >= 0.6 is 0 Å². The van der Waals surface area contributed by atoms with Gasteiger partial charge in [-0.05, 0) is 75.4 Å². The van der Waals surface area contributed by atoms with Crippen molar-refractivity contribution in [3.8, 4) is 17.1 Å². The first-order chi connectivity index (χ1) is 17.9. The molecule has 0 unspecified atom stereocenters. The van der Waals surface area contributed by atoms with Crippen LogP contribution in [0, 0.1) is 6.92 Å². The van der Waals surface area contributed by atoms with Crippen molar-refractivity contribution in [1.82, 2.24) is 24.4 Å². The molecule has 1 amide bonds. The molecule has 0 radical (unpaired) electrons. The smallest absolute Gasteiger partial charge is 0.253 e. The van der Waals surface area contributed by atoms with Crippen molar-refractivity contribution in [2.75, 3.05) is 36.4 Å². The molecule has 1 fully saturated rings. The number of phenols is 1. The van der Waals surface area contributed by atoms with E-state index in [-0.39, 0.29) is 17.7 Å². The van der Waals surface area contributed by atoms with Crippen LogP contribution in [0.4, 0.5) is 17.3 Å². The van der Waals surface area contributed by atoms with Gasteiger partial charge in [-0.15, -0.1) is 0 Å². The van der Waals surface area contributed by atoms with E-state index >= 15 is 0 Å².